The molecule has 1 unspecified atom stereocenters. The molecular weight excluding hydrogens is 355 g/mol. The highest BCUT2D eigenvalue weighted by atomic mass is 79.9. The van der Waals surface area contributed by atoms with E-state index in [2.05, 4.69) is 41.1 Å². The molecule has 0 nitrogen and oxygen atoms in total. The first kappa shape index (κ1) is 15.9. The van der Waals surface area contributed by atoms with Gasteiger partial charge in [-0.2, -0.15) is 0 Å². The van der Waals surface area contributed by atoms with Gasteiger partial charge in [-0.1, -0.05) is 69.5 Å². The highest BCUT2D eigenvalue weighted by Gasteiger charge is 2.13. The summed E-state index contributed by atoms with van der Waals surface area (Å²) in [5, 5.41) is 2.63. The van der Waals surface area contributed by atoms with Gasteiger partial charge >= 0.3 is 0 Å². The maximum absolute atomic E-state index is 6.32. The van der Waals surface area contributed by atoms with Crippen molar-refractivity contribution in [1.82, 2.24) is 0 Å². The molecule has 0 radical (unpaired) electrons. The summed E-state index contributed by atoms with van der Waals surface area (Å²) in [6.07, 6.45) is 1.91. The average Bonchev–Trinajstić information content (AvgIpc) is 2.43. The fourth-order valence-electron chi connectivity index (χ4n) is 2.29. The molecule has 2 aromatic carbocycles. The van der Waals surface area contributed by atoms with Crippen LogP contribution in [0, 0.1) is 12.8 Å². The molecule has 0 aliphatic rings. The van der Waals surface area contributed by atoms with Crippen LogP contribution in [-0.4, -0.2) is 5.33 Å². The molecule has 0 spiro atoms. The minimum atomic E-state index is 0.482. The van der Waals surface area contributed by atoms with Crippen LogP contribution in [0.5, 0.6) is 0 Å². The van der Waals surface area contributed by atoms with E-state index >= 15 is 0 Å². The van der Waals surface area contributed by atoms with E-state index in [1.54, 1.807) is 0 Å². The average molecular weight is 372 g/mol. The Morgan fingerprint density at radius 3 is 2.20 bits per heavy atom. The number of halogens is 3. The van der Waals surface area contributed by atoms with Gasteiger partial charge in [-0.15, -0.1) is 0 Å². The van der Waals surface area contributed by atoms with Crippen molar-refractivity contribution in [3.05, 3.63) is 69.2 Å². The molecule has 0 aliphatic carbocycles. The zero-order valence-corrected chi connectivity index (χ0v) is 14.5. The molecule has 0 amide bonds. The number of benzene rings is 2. The zero-order chi connectivity index (χ0) is 14.5. The number of aryl methyl sites for hydroxylation is 1. The predicted octanol–water partition coefficient (Wildman–Crippen LogP) is 6.10. The Hall–Kier alpha value is -0.500. The summed E-state index contributed by atoms with van der Waals surface area (Å²) >= 11 is 16.2. The fraction of sp³-hybridized carbons (Fsp3) is 0.294. The van der Waals surface area contributed by atoms with Gasteiger partial charge in [-0.25, -0.2) is 0 Å². The van der Waals surface area contributed by atoms with Crippen molar-refractivity contribution in [2.75, 3.05) is 5.33 Å². The molecule has 106 valence electrons. The largest absolute Gasteiger partial charge is 0.0925 e. The Labute approximate surface area is 139 Å². The quantitative estimate of drug-likeness (QED) is 0.557. The second-order valence-electron chi connectivity index (χ2n) is 5.11. The highest BCUT2D eigenvalue weighted by molar-refractivity contribution is 9.09. The molecule has 3 heteroatoms. The third kappa shape index (κ3) is 4.25. The van der Waals surface area contributed by atoms with E-state index in [0.29, 0.717) is 5.92 Å². The van der Waals surface area contributed by atoms with Crippen molar-refractivity contribution in [2.24, 2.45) is 5.92 Å². The third-order valence-corrected chi connectivity index (χ3v) is 5.04. The van der Waals surface area contributed by atoms with Crippen molar-refractivity contribution in [3.63, 3.8) is 0 Å². The lowest BCUT2D eigenvalue weighted by atomic mass is 9.94. The van der Waals surface area contributed by atoms with Crippen LogP contribution >= 0.6 is 39.1 Å². The van der Waals surface area contributed by atoms with Crippen molar-refractivity contribution in [2.45, 2.75) is 19.8 Å². The lowest BCUT2D eigenvalue weighted by Gasteiger charge is -2.16. The molecule has 1 atom stereocenters. The Kier molecular flexibility index (Phi) is 5.95. The molecule has 0 fully saturated rings. The molecule has 0 aliphatic heterocycles. The van der Waals surface area contributed by atoms with Gasteiger partial charge < -0.3 is 0 Å². The van der Waals surface area contributed by atoms with Gasteiger partial charge in [0.25, 0.3) is 0 Å². The van der Waals surface area contributed by atoms with E-state index in [1.165, 1.54) is 16.7 Å². The van der Waals surface area contributed by atoms with Gasteiger partial charge in [0.15, 0.2) is 0 Å². The summed E-state index contributed by atoms with van der Waals surface area (Å²) in [4.78, 5) is 0. The van der Waals surface area contributed by atoms with Crippen LogP contribution in [0.1, 0.15) is 16.7 Å². The van der Waals surface area contributed by atoms with Gasteiger partial charge in [0.1, 0.15) is 0 Å². The molecule has 0 saturated carbocycles. The van der Waals surface area contributed by atoms with E-state index < -0.39 is 0 Å². The van der Waals surface area contributed by atoms with Crippen LogP contribution < -0.4 is 0 Å². The van der Waals surface area contributed by atoms with Crippen molar-refractivity contribution < 1.29 is 0 Å². The molecule has 0 aromatic heterocycles. The van der Waals surface area contributed by atoms with Crippen molar-refractivity contribution >= 4 is 39.1 Å². The molecule has 20 heavy (non-hydrogen) atoms. The summed E-state index contributed by atoms with van der Waals surface area (Å²) in [5.41, 5.74) is 3.59. The molecule has 2 rings (SSSR count). The normalized spacial score (nSPS) is 12.4. The summed E-state index contributed by atoms with van der Waals surface area (Å²) in [6.45, 7) is 2.06. The van der Waals surface area contributed by atoms with E-state index in [1.807, 2.05) is 24.3 Å². The van der Waals surface area contributed by atoms with Crippen LogP contribution in [-0.2, 0) is 12.8 Å². The number of hydrogen-bond acceptors (Lipinski definition) is 0. The van der Waals surface area contributed by atoms with Crippen LogP contribution in [0.15, 0.2) is 42.5 Å². The first-order chi connectivity index (χ1) is 9.60. The van der Waals surface area contributed by atoms with Gasteiger partial charge in [0.2, 0.25) is 0 Å². The number of rotatable bonds is 5. The Balaban J connectivity index is 2.11. The Morgan fingerprint density at radius 1 is 0.950 bits per heavy atom. The van der Waals surface area contributed by atoms with Gasteiger partial charge in [0, 0.05) is 15.4 Å². The highest BCUT2D eigenvalue weighted by Crippen LogP contribution is 2.25. The third-order valence-electron chi connectivity index (χ3n) is 3.40. The van der Waals surface area contributed by atoms with Crippen LogP contribution in [0.4, 0.5) is 0 Å². The standard InChI is InChI=1S/C17H17BrCl2/c1-12-6-7-15(17(20)8-12)10-13(11-18)9-14-4-2-3-5-16(14)19/h2-8,13H,9-11H2,1H3. The molecule has 0 bridgehead atoms. The first-order valence-corrected chi connectivity index (χ1v) is 8.52. The topological polar surface area (TPSA) is 0 Å². The minimum absolute atomic E-state index is 0.482. The van der Waals surface area contributed by atoms with E-state index in [0.717, 1.165) is 28.2 Å². The summed E-state index contributed by atoms with van der Waals surface area (Å²) < 4.78 is 0. The molecule has 0 N–H and O–H groups in total. The van der Waals surface area contributed by atoms with E-state index in [9.17, 15) is 0 Å². The summed E-state index contributed by atoms with van der Waals surface area (Å²) in [5.74, 6) is 0.482. The van der Waals surface area contributed by atoms with E-state index in [-0.39, 0.29) is 0 Å². The smallest absolute Gasteiger partial charge is 0.0440 e. The second-order valence-corrected chi connectivity index (χ2v) is 6.58. The summed E-state index contributed by atoms with van der Waals surface area (Å²) in [6, 6.07) is 14.3. The van der Waals surface area contributed by atoms with Crippen LogP contribution in [0.3, 0.4) is 0 Å². The Morgan fingerprint density at radius 2 is 1.60 bits per heavy atom. The maximum atomic E-state index is 6.32. The predicted molar refractivity (Wildman–Crippen MR) is 92.3 cm³/mol. The molecule has 0 heterocycles. The maximum Gasteiger partial charge on any atom is 0.0440 e. The van der Waals surface area contributed by atoms with Gasteiger partial charge in [-0.05, 0) is 54.5 Å². The zero-order valence-electron chi connectivity index (χ0n) is 11.4. The lowest BCUT2D eigenvalue weighted by molar-refractivity contribution is 0.591. The molecule has 0 saturated heterocycles. The molecule has 2 aromatic rings. The molecular formula is C17H17BrCl2. The van der Waals surface area contributed by atoms with Crippen molar-refractivity contribution in [3.8, 4) is 0 Å². The van der Waals surface area contributed by atoms with Crippen LogP contribution in [0.25, 0.3) is 0 Å². The van der Waals surface area contributed by atoms with Crippen LogP contribution in [0.2, 0.25) is 10.0 Å². The fourth-order valence-corrected chi connectivity index (χ4v) is 3.27. The monoisotopic (exact) mass is 370 g/mol. The van der Waals surface area contributed by atoms with Crippen molar-refractivity contribution in [1.29, 1.82) is 0 Å². The number of alkyl halides is 1. The lowest BCUT2D eigenvalue weighted by Crippen LogP contribution is -2.10. The van der Waals surface area contributed by atoms with Gasteiger partial charge in [0.05, 0.1) is 0 Å². The first-order valence-electron chi connectivity index (χ1n) is 6.64. The second kappa shape index (κ2) is 7.49. The minimum Gasteiger partial charge on any atom is -0.0925 e. The van der Waals surface area contributed by atoms with Gasteiger partial charge in [-0.3, -0.25) is 0 Å². The number of hydrogen-bond donors (Lipinski definition) is 0. The SMILES string of the molecule is Cc1ccc(CC(CBr)Cc2ccccc2Cl)c(Cl)c1. The Bertz CT molecular complexity index is 581. The van der Waals surface area contributed by atoms with E-state index in [4.69, 9.17) is 23.2 Å². The summed E-state index contributed by atoms with van der Waals surface area (Å²) in [7, 11) is 0.